The first-order chi connectivity index (χ1) is 11.6. The van der Waals surface area contributed by atoms with Gasteiger partial charge in [-0.05, 0) is 46.8 Å². The van der Waals surface area contributed by atoms with Crippen LogP contribution in [-0.2, 0) is 9.53 Å². The van der Waals surface area contributed by atoms with E-state index < -0.39 is 17.6 Å². The van der Waals surface area contributed by atoms with Crippen LogP contribution in [0.1, 0.15) is 43.7 Å². The summed E-state index contributed by atoms with van der Waals surface area (Å²) in [5.74, 6) is -1.05. The Kier molecular flexibility index (Phi) is 5.52. The normalized spacial score (nSPS) is 12.6. The molecule has 2 rings (SSSR count). The van der Waals surface area contributed by atoms with Crippen LogP contribution < -0.4 is 5.32 Å². The van der Waals surface area contributed by atoms with E-state index in [2.05, 4.69) is 10.4 Å². The third-order valence-corrected chi connectivity index (χ3v) is 3.71. The largest absolute Gasteiger partial charge is 0.449 e. The monoisotopic (exact) mass is 363 g/mol. The highest BCUT2D eigenvalue weighted by atomic mass is 35.5. The van der Waals surface area contributed by atoms with Gasteiger partial charge in [0.15, 0.2) is 6.10 Å². The lowest BCUT2D eigenvalue weighted by atomic mass is 10.1. The molecule has 1 atom stereocenters. The van der Waals surface area contributed by atoms with Gasteiger partial charge in [0, 0.05) is 5.54 Å². The molecule has 1 amide bonds. The Hall–Kier alpha value is -2.34. The second-order valence-corrected chi connectivity index (χ2v) is 7.14. The molecule has 0 bridgehead atoms. The Bertz CT molecular complexity index is 779. The van der Waals surface area contributed by atoms with E-state index in [1.165, 1.54) is 11.6 Å². The smallest absolute Gasteiger partial charge is 0.344 e. The summed E-state index contributed by atoms with van der Waals surface area (Å²) in [4.78, 5) is 24.6. The van der Waals surface area contributed by atoms with Gasteiger partial charge in [-0.15, -0.1) is 0 Å². The molecule has 0 radical (unpaired) electrons. The van der Waals surface area contributed by atoms with E-state index in [9.17, 15) is 9.59 Å². The van der Waals surface area contributed by atoms with E-state index in [1.54, 1.807) is 6.92 Å². The number of nitrogens with one attached hydrogen (secondary N) is 1. The predicted octanol–water partition coefficient (Wildman–Crippen LogP) is 3.29. The van der Waals surface area contributed by atoms with Gasteiger partial charge in [-0.2, -0.15) is 5.10 Å². The molecule has 0 spiro atoms. The third kappa shape index (κ3) is 4.60. The molecule has 7 heteroatoms. The van der Waals surface area contributed by atoms with Crippen LogP contribution in [0, 0.1) is 6.92 Å². The number of ether oxygens (including phenoxy) is 1. The van der Waals surface area contributed by atoms with Gasteiger partial charge in [-0.1, -0.05) is 29.8 Å². The number of carbonyl (C=O) groups is 2. The van der Waals surface area contributed by atoms with Crippen molar-refractivity contribution in [1.82, 2.24) is 15.1 Å². The van der Waals surface area contributed by atoms with Crippen molar-refractivity contribution in [2.45, 2.75) is 46.3 Å². The van der Waals surface area contributed by atoms with E-state index in [4.69, 9.17) is 16.3 Å². The summed E-state index contributed by atoms with van der Waals surface area (Å²) in [6.07, 6.45) is -0.942. The van der Waals surface area contributed by atoms with Crippen LogP contribution in [0.3, 0.4) is 0 Å². The van der Waals surface area contributed by atoms with Crippen LogP contribution in [0.2, 0.25) is 5.15 Å². The minimum absolute atomic E-state index is 0.150. The molecule has 1 aromatic carbocycles. The van der Waals surface area contributed by atoms with Crippen LogP contribution in [0.5, 0.6) is 0 Å². The number of benzene rings is 1. The minimum Gasteiger partial charge on any atom is -0.449 e. The lowest BCUT2D eigenvalue weighted by molar-refractivity contribution is -0.130. The highest BCUT2D eigenvalue weighted by molar-refractivity contribution is 6.33. The molecule has 0 aliphatic rings. The number of carbonyl (C=O) groups excluding carboxylic acids is 2. The molecule has 0 saturated heterocycles. The second-order valence-electron chi connectivity index (χ2n) is 6.79. The fourth-order valence-corrected chi connectivity index (χ4v) is 2.56. The maximum absolute atomic E-state index is 12.5. The SMILES string of the molecule is Cc1nn(-c2ccccc2)c(Cl)c1C(=O)O[C@H](C)C(=O)NC(C)(C)C. The molecule has 0 aliphatic carbocycles. The molecule has 0 unspecified atom stereocenters. The number of rotatable bonds is 4. The molecule has 6 nitrogen and oxygen atoms in total. The second kappa shape index (κ2) is 7.27. The van der Waals surface area contributed by atoms with Gasteiger partial charge in [-0.25, -0.2) is 9.48 Å². The van der Waals surface area contributed by atoms with Crippen molar-refractivity contribution in [1.29, 1.82) is 0 Å². The maximum atomic E-state index is 12.5. The summed E-state index contributed by atoms with van der Waals surface area (Å²) < 4.78 is 6.73. The summed E-state index contributed by atoms with van der Waals surface area (Å²) in [7, 11) is 0. The van der Waals surface area contributed by atoms with Gasteiger partial charge in [0.1, 0.15) is 10.7 Å². The molecular formula is C18H22ClN3O3. The maximum Gasteiger partial charge on any atom is 0.344 e. The average Bonchev–Trinajstić information content (AvgIpc) is 2.81. The molecule has 0 saturated carbocycles. The summed E-state index contributed by atoms with van der Waals surface area (Å²) in [6, 6.07) is 9.22. The Balaban J connectivity index is 2.20. The molecule has 1 heterocycles. The van der Waals surface area contributed by atoms with Gasteiger partial charge >= 0.3 is 5.97 Å². The Labute approximate surface area is 152 Å². The van der Waals surface area contributed by atoms with Crippen LogP contribution in [0.25, 0.3) is 5.69 Å². The standard InChI is InChI=1S/C18H22ClN3O3/c1-11-14(15(19)22(21-11)13-9-7-6-8-10-13)17(24)25-12(2)16(23)20-18(3,4)5/h6-10,12H,1-5H3,(H,20,23)/t12-/m1/s1. The van der Waals surface area contributed by atoms with E-state index in [0.717, 1.165) is 5.69 Å². The zero-order chi connectivity index (χ0) is 18.8. The molecule has 1 N–H and O–H groups in total. The summed E-state index contributed by atoms with van der Waals surface area (Å²) in [6.45, 7) is 8.74. The number of halogens is 1. The third-order valence-electron chi connectivity index (χ3n) is 3.36. The van der Waals surface area contributed by atoms with Crippen molar-refractivity contribution < 1.29 is 14.3 Å². The van der Waals surface area contributed by atoms with Crippen molar-refractivity contribution in [3.63, 3.8) is 0 Å². The first-order valence-electron chi connectivity index (χ1n) is 7.93. The molecular weight excluding hydrogens is 342 g/mol. The number of aromatic nitrogens is 2. The Morgan fingerprint density at radius 3 is 2.40 bits per heavy atom. The first-order valence-corrected chi connectivity index (χ1v) is 8.31. The van der Waals surface area contributed by atoms with Gasteiger partial charge < -0.3 is 10.1 Å². The molecule has 0 fully saturated rings. The first kappa shape index (κ1) is 19.0. The van der Waals surface area contributed by atoms with Crippen molar-refractivity contribution in [3.8, 4) is 5.69 Å². The van der Waals surface area contributed by atoms with Crippen LogP contribution in [-0.4, -0.2) is 33.3 Å². The number of hydrogen-bond acceptors (Lipinski definition) is 4. The minimum atomic E-state index is -0.942. The summed E-state index contributed by atoms with van der Waals surface area (Å²) >= 11 is 6.33. The fourth-order valence-electron chi connectivity index (χ4n) is 2.22. The van der Waals surface area contributed by atoms with Crippen molar-refractivity contribution in [2.75, 3.05) is 0 Å². The summed E-state index contributed by atoms with van der Waals surface area (Å²) in [5.41, 5.74) is 0.903. The number of esters is 1. The Morgan fingerprint density at radius 1 is 1.24 bits per heavy atom. The highest BCUT2D eigenvalue weighted by Gasteiger charge is 2.27. The number of nitrogens with zero attached hydrogens (tertiary/aromatic N) is 2. The molecule has 25 heavy (non-hydrogen) atoms. The fraction of sp³-hybridized carbons (Fsp3) is 0.389. The van der Waals surface area contributed by atoms with Crippen LogP contribution in [0.15, 0.2) is 30.3 Å². The number of hydrogen-bond donors (Lipinski definition) is 1. The van der Waals surface area contributed by atoms with E-state index in [-0.39, 0.29) is 16.6 Å². The highest BCUT2D eigenvalue weighted by Crippen LogP contribution is 2.24. The number of para-hydroxylation sites is 1. The van der Waals surface area contributed by atoms with Crippen LogP contribution >= 0.6 is 11.6 Å². The number of amides is 1. The van der Waals surface area contributed by atoms with Crippen LogP contribution in [0.4, 0.5) is 0 Å². The van der Waals surface area contributed by atoms with Gasteiger partial charge in [0.05, 0.1) is 11.4 Å². The molecule has 0 aliphatic heterocycles. The zero-order valence-corrected chi connectivity index (χ0v) is 15.7. The topological polar surface area (TPSA) is 73.2 Å². The molecule has 1 aromatic heterocycles. The van der Waals surface area contributed by atoms with Gasteiger partial charge in [-0.3, -0.25) is 4.79 Å². The number of aryl methyl sites for hydroxylation is 1. The lowest BCUT2D eigenvalue weighted by Gasteiger charge is -2.23. The molecule has 2 aromatic rings. The lowest BCUT2D eigenvalue weighted by Crippen LogP contribution is -2.46. The van der Waals surface area contributed by atoms with E-state index in [0.29, 0.717) is 5.69 Å². The zero-order valence-electron chi connectivity index (χ0n) is 15.0. The van der Waals surface area contributed by atoms with Crippen molar-refractivity contribution in [2.24, 2.45) is 0 Å². The van der Waals surface area contributed by atoms with Crippen molar-refractivity contribution in [3.05, 3.63) is 46.7 Å². The Morgan fingerprint density at radius 2 is 1.84 bits per heavy atom. The van der Waals surface area contributed by atoms with Gasteiger partial charge in [0.25, 0.3) is 5.91 Å². The van der Waals surface area contributed by atoms with Crippen molar-refractivity contribution >= 4 is 23.5 Å². The van der Waals surface area contributed by atoms with E-state index >= 15 is 0 Å². The molecule has 134 valence electrons. The van der Waals surface area contributed by atoms with Gasteiger partial charge in [0.2, 0.25) is 0 Å². The summed E-state index contributed by atoms with van der Waals surface area (Å²) in [5, 5.41) is 7.21. The quantitative estimate of drug-likeness (QED) is 0.846. The van der Waals surface area contributed by atoms with E-state index in [1.807, 2.05) is 51.1 Å². The average molecular weight is 364 g/mol. The predicted molar refractivity (Wildman–Crippen MR) is 96.1 cm³/mol.